The Morgan fingerprint density at radius 2 is 2.04 bits per heavy atom. The molecule has 0 spiro atoms. The zero-order chi connectivity index (χ0) is 16.4. The molecule has 2 heterocycles. The fraction of sp³-hybridized carbons (Fsp3) is 0.533. The standard InChI is InChI=1S/C15H18O6S2/c1-23(17,18)21-11-9-22-12-7-13(16)20-15(12)14(11)19-8-10-5-3-2-4-6-10/h2-6,11-12,14-15H,7-9H2,1H3/t11-,12+,14-,15-/m1/s1. The summed E-state index contributed by atoms with van der Waals surface area (Å²) in [6.07, 6.45) is -0.393. The largest absolute Gasteiger partial charge is 0.458 e. The van der Waals surface area contributed by atoms with E-state index < -0.39 is 28.4 Å². The van der Waals surface area contributed by atoms with Gasteiger partial charge in [-0.1, -0.05) is 30.3 Å². The van der Waals surface area contributed by atoms with Crippen LogP contribution in [0.15, 0.2) is 30.3 Å². The van der Waals surface area contributed by atoms with Crippen LogP contribution in [-0.4, -0.2) is 50.0 Å². The molecule has 0 N–H and O–H groups in total. The molecule has 0 aliphatic carbocycles. The van der Waals surface area contributed by atoms with Gasteiger partial charge >= 0.3 is 5.97 Å². The van der Waals surface area contributed by atoms with Crippen LogP contribution in [0.4, 0.5) is 0 Å². The van der Waals surface area contributed by atoms with Crippen LogP contribution in [0.3, 0.4) is 0 Å². The smallest absolute Gasteiger partial charge is 0.307 e. The number of esters is 1. The monoisotopic (exact) mass is 358 g/mol. The van der Waals surface area contributed by atoms with Crippen LogP contribution < -0.4 is 0 Å². The number of carbonyl (C=O) groups excluding carboxylic acids is 1. The fourth-order valence-electron chi connectivity index (χ4n) is 2.79. The van der Waals surface area contributed by atoms with Gasteiger partial charge in [-0.05, 0) is 5.56 Å². The lowest BCUT2D eigenvalue weighted by Gasteiger charge is -2.36. The van der Waals surface area contributed by atoms with Gasteiger partial charge in [0.05, 0.1) is 24.5 Å². The number of benzene rings is 1. The van der Waals surface area contributed by atoms with Crippen LogP contribution in [0.25, 0.3) is 0 Å². The molecule has 1 aromatic rings. The molecule has 0 radical (unpaired) electrons. The van der Waals surface area contributed by atoms with E-state index in [1.807, 2.05) is 30.3 Å². The third-order valence-electron chi connectivity index (χ3n) is 3.75. The van der Waals surface area contributed by atoms with Gasteiger partial charge in [0.1, 0.15) is 18.3 Å². The second-order valence-corrected chi connectivity index (χ2v) is 8.50. The average molecular weight is 358 g/mol. The number of ether oxygens (including phenoxy) is 2. The summed E-state index contributed by atoms with van der Waals surface area (Å²) >= 11 is 1.50. The first-order valence-electron chi connectivity index (χ1n) is 7.27. The maximum Gasteiger partial charge on any atom is 0.307 e. The van der Waals surface area contributed by atoms with Gasteiger partial charge in [0, 0.05) is 5.75 Å². The first-order valence-corrected chi connectivity index (χ1v) is 10.1. The van der Waals surface area contributed by atoms with Gasteiger partial charge in [-0.25, -0.2) is 0 Å². The maximum atomic E-state index is 11.6. The highest BCUT2D eigenvalue weighted by Crippen LogP contribution is 2.38. The van der Waals surface area contributed by atoms with Crippen LogP contribution >= 0.6 is 11.8 Å². The summed E-state index contributed by atoms with van der Waals surface area (Å²) in [7, 11) is -3.62. The molecule has 1 aromatic carbocycles. The highest BCUT2D eigenvalue weighted by atomic mass is 32.2. The minimum atomic E-state index is -3.62. The molecule has 2 aliphatic rings. The van der Waals surface area contributed by atoms with Crippen LogP contribution in [0.1, 0.15) is 12.0 Å². The molecule has 6 nitrogen and oxygen atoms in total. The number of thioether (sulfide) groups is 1. The lowest BCUT2D eigenvalue weighted by molar-refractivity contribution is -0.152. The van der Waals surface area contributed by atoms with Gasteiger partial charge in [-0.2, -0.15) is 20.2 Å². The highest BCUT2D eigenvalue weighted by molar-refractivity contribution is 8.00. The zero-order valence-electron chi connectivity index (χ0n) is 12.6. The van der Waals surface area contributed by atoms with Crippen molar-refractivity contribution in [1.82, 2.24) is 0 Å². The van der Waals surface area contributed by atoms with E-state index in [-0.39, 0.29) is 11.2 Å². The van der Waals surface area contributed by atoms with Gasteiger partial charge in [-0.3, -0.25) is 8.98 Å². The molecule has 3 rings (SSSR count). The summed E-state index contributed by atoms with van der Waals surface area (Å²) in [6.45, 7) is 0.306. The van der Waals surface area contributed by atoms with E-state index in [0.717, 1.165) is 11.8 Å². The predicted molar refractivity (Wildman–Crippen MR) is 85.5 cm³/mol. The summed E-state index contributed by atoms with van der Waals surface area (Å²) in [5.74, 6) is 0.172. The lowest BCUT2D eigenvalue weighted by Crippen LogP contribution is -2.50. The Morgan fingerprint density at radius 3 is 2.74 bits per heavy atom. The number of rotatable bonds is 5. The van der Waals surface area contributed by atoms with E-state index >= 15 is 0 Å². The molecule has 126 valence electrons. The zero-order valence-corrected chi connectivity index (χ0v) is 14.2. The maximum absolute atomic E-state index is 11.6. The molecule has 2 fully saturated rings. The molecule has 2 saturated heterocycles. The van der Waals surface area contributed by atoms with Gasteiger partial charge < -0.3 is 9.47 Å². The normalized spacial score (nSPS) is 30.7. The molecule has 0 bridgehead atoms. The minimum absolute atomic E-state index is 0.0114. The van der Waals surface area contributed by atoms with Crippen molar-refractivity contribution < 1.29 is 26.9 Å². The molecule has 0 aromatic heterocycles. The van der Waals surface area contributed by atoms with Crippen molar-refractivity contribution in [1.29, 1.82) is 0 Å². The van der Waals surface area contributed by atoms with Crippen molar-refractivity contribution in [2.24, 2.45) is 0 Å². The minimum Gasteiger partial charge on any atom is -0.458 e. The van der Waals surface area contributed by atoms with Gasteiger partial charge in [-0.15, -0.1) is 0 Å². The van der Waals surface area contributed by atoms with Gasteiger partial charge in [0.25, 0.3) is 10.1 Å². The van der Waals surface area contributed by atoms with E-state index in [4.69, 9.17) is 13.7 Å². The number of hydrogen-bond donors (Lipinski definition) is 0. The quantitative estimate of drug-likeness (QED) is 0.581. The van der Waals surface area contributed by atoms with Crippen molar-refractivity contribution in [2.75, 3.05) is 12.0 Å². The Bertz CT molecular complexity index is 660. The molecule has 8 heteroatoms. The number of carbonyl (C=O) groups is 1. The summed E-state index contributed by atoms with van der Waals surface area (Å²) in [6, 6.07) is 9.55. The molecule has 0 saturated carbocycles. The fourth-order valence-corrected chi connectivity index (χ4v) is 4.85. The second-order valence-electron chi connectivity index (χ2n) is 5.63. The van der Waals surface area contributed by atoms with E-state index in [0.29, 0.717) is 18.8 Å². The summed E-state index contributed by atoms with van der Waals surface area (Å²) < 4.78 is 39.4. The lowest BCUT2D eigenvalue weighted by atomic mass is 10.0. The van der Waals surface area contributed by atoms with Crippen molar-refractivity contribution in [3.05, 3.63) is 35.9 Å². The highest BCUT2D eigenvalue weighted by Gasteiger charge is 2.49. The topological polar surface area (TPSA) is 78.9 Å². The molecule has 4 atom stereocenters. The Labute approximate surface area is 139 Å². The molecule has 23 heavy (non-hydrogen) atoms. The Morgan fingerprint density at radius 1 is 1.30 bits per heavy atom. The first kappa shape index (κ1) is 16.8. The average Bonchev–Trinajstić information content (AvgIpc) is 2.86. The number of fused-ring (bicyclic) bond motifs is 1. The molecular weight excluding hydrogens is 340 g/mol. The van der Waals surface area contributed by atoms with Crippen molar-refractivity contribution >= 4 is 27.8 Å². The Kier molecular flexibility index (Phi) is 4.96. The third-order valence-corrected chi connectivity index (χ3v) is 5.73. The van der Waals surface area contributed by atoms with Crippen LogP contribution in [-0.2, 0) is 35.2 Å². The summed E-state index contributed by atoms with van der Waals surface area (Å²) in [4.78, 5) is 11.6. The Balaban J connectivity index is 1.75. The van der Waals surface area contributed by atoms with Crippen LogP contribution in [0.2, 0.25) is 0 Å². The molecule has 0 amide bonds. The third kappa shape index (κ3) is 4.26. The van der Waals surface area contributed by atoms with E-state index in [1.54, 1.807) is 0 Å². The van der Waals surface area contributed by atoms with Crippen molar-refractivity contribution in [3.8, 4) is 0 Å². The molecular formula is C15H18O6S2. The van der Waals surface area contributed by atoms with E-state index in [2.05, 4.69) is 0 Å². The van der Waals surface area contributed by atoms with E-state index in [9.17, 15) is 13.2 Å². The molecule has 2 aliphatic heterocycles. The van der Waals surface area contributed by atoms with Crippen molar-refractivity contribution in [3.63, 3.8) is 0 Å². The molecule has 0 unspecified atom stereocenters. The summed E-state index contributed by atoms with van der Waals surface area (Å²) in [5.41, 5.74) is 0.963. The predicted octanol–water partition coefficient (Wildman–Crippen LogP) is 1.35. The SMILES string of the molecule is CS(=O)(=O)O[C@@H]1CS[C@H]2CC(=O)O[C@H]2[C@@H]1OCc1ccccc1. The second kappa shape index (κ2) is 6.80. The van der Waals surface area contributed by atoms with Gasteiger partial charge in [0.15, 0.2) is 0 Å². The summed E-state index contributed by atoms with van der Waals surface area (Å²) in [5, 5.41) is -0.0114. The van der Waals surface area contributed by atoms with Crippen molar-refractivity contribution in [2.45, 2.75) is 36.6 Å². The first-order chi connectivity index (χ1) is 10.9. The number of hydrogen-bond acceptors (Lipinski definition) is 7. The Hall–Kier alpha value is -1.09. The van der Waals surface area contributed by atoms with E-state index in [1.165, 1.54) is 11.8 Å². The van der Waals surface area contributed by atoms with Gasteiger partial charge in [0.2, 0.25) is 0 Å². The van der Waals surface area contributed by atoms with Crippen LogP contribution in [0, 0.1) is 0 Å². The van der Waals surface area contributed by atoms with Crippen LogP contribution in [0.5, 0.6) is 0 Å².